The molecule has 0 unspecified atom stereocenters. The molecule has 0 spiro atoms. The van der Waals surface area contributed by atoms with Gasteiger partial charge in [0.25, 0.3) is 0 Å². The average Bonchev–Trinajstić information content (AvgIpc) is 2.92. The minimum absolute atomic E-state index is 0.0841. The van der Waals surface area contributed by atoms with Gasteiger partial charge in [-0.05, 0) is 72.9 Å². The van der Waals surface area contributed by atoms with E-state index in [-0.39, 0.29) is 23.0 Å². The summed E-state index contributed by atoms with van der Waals surface area (Å²) in [5.74, 6) is -8.22. The monoisotopic (exact) mass is 608 g/mol. The van der Waals surface area contributed by atoms with E-state index in [9.17, 15) is 35.1 Å². The number of rotatable bonds is 10. The van der Waals surface area contributed by atoms with Gasteiger partial charge in [0.2, 0.25) is 0 Å². The average molecular weight is 609 g/mol. The topological polar surface area (TPSA) is 18.5 Å². The third-order valence-electron chi connectivity index (χ3n) is 6.22. The molecule has 0 aliphatic heterocycles. The molecule has 0 heterocycles. The van der Waals surface area contributed by atoms with Gasteiger partial charge in [0.1, 0.15) is 34.6 Å². The highest BCUT2D eigenvalue weighted by Gasteiger charge is 2.41. The van der Waals surface area contributed by atoms with Gasteiger partial charge in [-0.25, -0.2) is 22.0 Å². The van der Waals surface area contributed by atoms with Crippen molar-refractivity contribution in [3.8, 4) is 33.8 Å². The normalized spacial score (nSPS) is 11.6. The Morgan fingerprint density at radius 3 is 1.95 bits per heavy atom. The van der Waals surface area contributed by atoms with E-state index >= 15 is 4.39 Å². The van der Waals surface area contributed by atoms with Crippen molar-refractivity contribution in [1.82, 2.24) is 0 Å². The Morgan fingerprint density at radius 1 is 0.721 bits per heavy atom. The summed E-state index contributed by atoms with van der Waals surface area (Å²) in [6.45, 7) is 1.87. The predicted octanol–water partition coefficient (Wildman–Crippen LogP) is 10.5. The summed E-state index contributed by atoms with van der Waals surface area (Å²) in [4.78, 5) is 0. The molecule has 0 saturated carbocycles. The third kappa shape index (κ3) is 7.40. The molecule has 0 amide bonds. The number of aryl methyl sites for hydroxylation is 1. The SMILES string of the molecule is CC=CCCc1ccc(-c2ccc(-c3cc(F)c(C(F)(F)Oc4ccc(OC=C(F)F)c(F)c4)c(F)c3)c(F)c2)c(F)c1. The summed E-state index contributed by atoms with van der Waals surface area (Å²) >= 11 is 0. The van der Waals surface area contributed by atoms with Gasteiger partial charge in [0, 0.05) is 17.2 Å². The molecule has 0 aromatic heterocycles. The Balaban J connectivity index is 1.57. The van der Waals surface area contributed by atoms with Gasteiger partial charge >= 0.3 is 12.2 Å². The second kappa shape index (κ2) is 13.1. The molecule has 0 radical (unpaired) electrons. The summed E-state index contributed by atoms with van der Waals surface area (Å²) in [7, 11) is 0. The van der Waals surface area contributed by atoms with E-state index in [1.165, 1.54) is 18.2 Å². The largest absolute Gasteiger partial charge is 0.456 e. The molecular weight excluding hydrogens is 587 g/mol. The molecule has 2 nitrogen and oxygen atoms in total. The van der Waals surface area contributed by atoms with Gasteiger partial charge in [0.05, 0.1) is 0 Å². The summed E-state index contributed by atoms with van der Waals surface area (Å²) < 4.78 is 136. The minimum Gasteiger partial charge on any atom is -0.456 e. The molecule has 224 valence electrons. The molecule has 43 heavy (non-hydrogen) atoms. The van der Waals surface area contributed by atoms with Crippen molar-refractivity contribution >= 4 is 0 Å². The van der Waals surface area contributed by atoms with Crippen LogP contribution in [0.15, 0.2) is 91.2 Å². The quantitative estimate of drug-likeness (QED) is 0.101. The van der Waals surface area contributed by atoms with E-state index in [1.807, 2.05) is 19.1 Å². The first-order valence-corrected chi connectivity index (χ1v) is 12.6. The molecule has 0 aliphatic rings. The lowest BCUT2D eigenvalue weighted by Crippen LogP contribution is -2.25. The molecule has 11 heteroatoms. The molecule has 0 fully saturated rings. The van der Waals surface area contributed by atoms with E-state index in [2.05, 4.69) is 9.47 Å². The number of halogens is 9. The number of benzene rings is 4. The van der Waals surface area contributed by atoms with Gasteiger partial charge in [0.15, 0.2) is 17.8 Å². The fraction of sp³-hybridized carbons (Fsp3) is 0.125. The molecule has 0 bridgehead atoms. The van der Waals surface area contributed by atoms with E-state index in [0.717, 1.165) is 17.7 Å². The Hall–Kier alpha value is -4.67. The fourth-order valence-corrected chi connectivity index (χ4v) is 4.24. The maximum absolute atomic E-state index is 15.1. The van der Waals surface area contributed by atoms with Crippen molar-refractivity contribution in [2.75, 3.05) is 0 Å². The molecule has 4 aromatic rings. The van der Waals surface area contributed by atoms with E-state index in [1.54, 1.807) is 6.07 Å². The van der Waals surface area contributed by atoms with Gasteiger partial charge < -0.3 is 9.47 Å². The zero-order valence-corrected chi connectivity index (χ0v) is 22.2. The highest BCUT2D eigenvalue weighted by molar-refractivity contribution is 5.72. The number of hydrogen-bond donors (Lipinski definition) is 0. The summed E-state index contributed by atoms with van der Waals surface area (Å²) in [5, 5.41) is 0. The smallest absolute Gasteiger partial charge is 0.432 e. The maximum Gasteiger partial charge on any atom is 0.432 e. The van der Waals surface area contributed by atoms with Gasteiger partial charge in [-0.2, -0.15) is 17.6 Å². The van der Waals surface area contributed by atoms with Gasteiger partial charge in [-0.15, -0.1) is 0 Å². The van der Waals surface area contributed by atoms with Crippen molar-refractivity contribution < 1.29 is 49.0 Å². The van der Waals surface area contributed by atoms with Crippen LogP contribution >= 0.6 is 0 Å². The third-order valence-corrected chi connectivity index (χ3v) is 6.22. The first-order chi connectivity index (χ1) is 20.4. The number of hydrogen-bond acceptors (Lipinski definition) is 2. The standard InChI is InChI=1S/C32H21F9O2/c1-2-3-4-5-18-6-9-22(24(33)12-18)19-7-10-23(25(34)13-19)20-14-27(36)31(28(37)15-20)32(40,41)43-21-8-11-29(26(35)16-21)42-17-30(38)39/h2-3,6-17H,4-5H2,1H3. The van der Waals surface area contributed by atoms with Crippen LogP contribution in [0.5, 0.6) is 11.5 Å². The van der Waals surface area contributed by atoms with E-state index in [4.69, 9.17) is 0 Å². The summed E-state index contributed by atoms with van der Waals surface area (Å²) in [5.41, 5.74) is -1.65. The summed E-state index contributed by atoms with van der Waals surface area (Å²) in [6.07, 6.45) is -1.92. The Morgan fingerprint density at radius 2 is 1.35 bits per heavy atom. The van der Waals surface area contributed by atoms with Crippen LogP contribution in [-0.2, 0) is 12.5 Å². The van der Waals surface area contributed by atoms with Crippen LogP contribution in [0.4, 0.5) is 39.5 Å². The van der Waals surface area contributed by atoms with Gasteiger partial charge in [-0.1, -0.05) is 36.4 Å². The fourth-order valence-electron chi connectivity index (χ4n) is 4.24. The number of ether oxygens (including phenoxy) is 2. The lowest BCUT2D eigenvalue weighted by atomic mass is 9.97. The van der Waals surface area contributed by atoms with Crippen LogP contribution in [-0.4, -0.2) is 0 Å². The first-order valence-electron chi connectivity index (χ1n) is 12.6. The number of allylic oxidation sites excluding steroid dienone is 2. The Bertz CT molecular complexity index is 1670. The summed E-state index contributed by atoms with van der Waals surface area (Å²) in [6, 6.07) is 10.6. The van der Waals surface area contributed by atoms with Crippen molar-refractivity contribution in [1.29, 1.82) is 0 Å². The predicted molar refractivity (Wildman–Crippen MR) is 142 cm³/mol. The van der Waals surface area contributed by atoms with Crippen molar-refractivity contribution in [3.05, 3.63) is 131 Å². The van der Waals surface area contributed by atoms with Crippen molar-refractivity contribution in [2.45, 2.75) is 25.9 Å². The maximum atomic E-state index is 15.1. The molecule has 4 aromatic carbocycles. The highest BCUT2D eigenvalue weighted by atomic mass is 19.3. The highest BCUT2D eigenvalue weighted by Crippen LogP contribution is 2.39. The molecule has 0 atom stereocenters. The van der Waals surface area contributed by atoms with Gasteiger partial charge in [-0.3, -0.25) is 0 Å². The Labute approximate surface area is 240 Å². The number of alkyl halides is 2. The zero-order valence-electron chi connectivity index (χ0n) is 22.2. The van der Waals surface area contributed by atoms with E-state index < -0.39 is 63.9 Å². The molecule has 0 saturated heterocycles. The van der Waals surface area contributed by atoms with Crippen LogP contribution in [0.3, 0.4) is 0 Å². The van der Waals surface area contributed by atoms with Crippen LogP contribution < -0.4 is 9.47 Å². The molecule has 0 aliphatic carbocycles. The second-order valence-corrected chi connectivity index (χ2v) is 9.17. The van der Waals surface area contributed by atoms with E-state index in [0.29, 0.717) is 43.2 Å². The van der Waals surface area contributed by atoms with Crippen LogP contribution in [0, 0.1) is 29.1 Å². The molecule has 4 rings (SSSR count). The lowest BCUT2D eigenvalue weighted by molar-refractivity contribution is -0.189. The minimum atomic E-state index is -4.68. The lowest BCUT2D eigenvalue weighted by Gasteiger charge is -2.20. The van der Waals surface area contributed by atoms with Crippen LogP contribution in [0.1, 0.15) is 24.5 Å². The first kappa shape index (κ1) is 31.3. The van der Waals surface area contributed by atoms with Crippen LogP contribution in [0.25, 0.3) is 22.3 Å². The molecule has 0 N–H and O–H groups in total. The van der Waals surface area contributed by atoms with Crippen molar-refractivity contribution in [2.24, 2.45) is 0 Å². The Kier molecular flexibility index (Phi) is 9.53. The second-order valence-electron chi connectivity index (χ2n) is 9.17. The molecular formula is C32H21F9O2. The van der Waals surface area contributed by atoms with Crippen molar-refractivity contribution in [3.63, 3.8) is 0 Å². The zero-order chi connectivity index (χ0) is 31.3. The van der Waals surface area contributed by atoms with Crippen LogP contribution in [0.2, 0.25) is 0 Å².